The maximum atomic E-state index is 12.5. The molecule has 1 heterocycles. The molecule has 172 valence electrons. The van der Waals surface area contributed by atoms with Gasteiger partial charge in [0, 0.05) is 56.4 Å². The number of carbonyl (C=O) groups is 1. The number of aliphatic hydroxyl groups excluding tert-OH is 1. The monoisotopic (exact) mass is 447 g/mol. The molecule has 1 aromatic heterocycles. The highest BCUT2D eigenvalue weighted by molar-refractivity contribution is 6.00. The highest BCUT2D eigenvalue weighted by atomic mass is 16.4. The van der Waals surface area contributed by atoms with Gasteiger partial charge in [-0.2, -0.15) is 0 Å². The summed E-state index contributed by atoms with van der Waals surface area (Å²) in [5.41, 5.74) is 4.67. The minimum Gasteiger partial charge on any atom is -0.411 e. The molecule has 0 aliphatic heterocycles. The van der Waals surface area contributed by atoms with E-state index in [2.05, 4.69) is 5.16 Å². The van der Waals surface area contributed by atoms with Crippen LogP contribution in [-0.2, 0) is 7.05 Å². The first-order valence-corrected chi connectivity index (χ1v) is 10.8. The van der Waals surface area contributed by atoms with Crippen molar-refractivity contribution in [1.29, 1.82) is 0 Å². The Hall–Kier alpha value is -3.71. The minimum absolute atomic E-state index is 0.0932. The van der Waals surface area contributed by atoms with Crippen LogP contribution in [0.15, 0.2) is 76.8 Å². The molecule has 0 fully saturated rings. The van der Waals surface area contributed by atoms with Gasteiger partial charge in [-0.1, -0.05) is 41.6 Å². The van der Waals surface area contributed by atoms with E-state index in [4.69, 9.17) is 5.11 Å². The van der Waals surface area contributed by atoms with E-state index < -0.39 is 0 Å². The van der Waals surface area contributed by atoms with E-state index in [-0.39, 0.29) is 30.5 Å². The SMILES string of the molecule is Cc1ccccc1C(C/C(=N/O)c1ccc(=O)n(C)c1)c1ccc(C(=O)N(C)CCO)cc1. The van der Waals surface area contributed by atoms with Gasteiger partial charge in [0.25, 0.3) is 5.91 Å². The summed E-state index contributed by atoms with van der Waals surface area (Å²) in [7, 11) is 3.31. The number of oxime groups is 1. The molecule has 7 nitrogen and oxygen atoms in total. The standard InChI is InChI=1S/C26H29N3O4/c1-18-6-4-5-7-22(18)23(16-24(27-33)21-12-13-25(31)29(3)17-21)19-8-10-20(11-9-19)26(32)28(2)14-15-30/h4-13,17,23,30,33H,14-16H2,1-3H3/b27-24-. The Balaban J connectivity index is 1.99. The normalized spacial score (nSPS) is 12.4. The van der Waals surface area contributed by atoms with Crippen LogP contribution in [0.5, 0.6) is 0 Å². The van der Waals surface area contributed by atoms with Crippen LogP contribution in [0.3, 0.4) is 0 Å². The summed E-state index contributed by atoms with van der Waals surface area (Å²) in [5.74, 6) is -0.292. The van der Waals surface area contributed by atoms with Crippen molar-refractivity contribution in [2.75, 3.05) is 20.2 Å². The van der Waals surface area contributed by atoms with Crippen molar-refractivity contribution < 1.29 is 15.1 Å². The number of amides is 1. The van der Waals surface area contributed by atoms with E-state index in [1.807, 2.05) is 43.3 Å². The summed E-state index contributed by atoms with van der Waals surface area (Å²) in [6, 6.07) is 18.5. The number of pyridine rings is 1. The lowest BCUT2D eigenvalue weighted by atomic mass is 9.83. The number of likely N-dealkylation sites (N-methyl/N-ethyl adjacent to an activating group) is 1. The quantitative estimate of drug-likeness (QED) is 0.315. The summed E-state index contributed by atoms with van der Waals surface area (Å²) in [5, 5.41) is 22.5. The van der Waals surface area contributed by atoms with Gasteiger partial charge in [0.2, 0.25) is 5.56 Å². The maximum Gasteiger partial charge on any atom is 0.253 e. The molecule has 1 atom stereocenters. The van der Waals surface area contributed by atoms with E-state index in [1.165, 1.54) is 15.5 Å². The van der Waals surface area contributed by atoms with Crippen LogP contribution >= 0.6 is 0 Å². The van der Waals surface area contributed by atoms with Crippen LogP contribution in [0.2, 0.25) is 0 Å². The van der Waals surface area contributed by atoms with Gasteiger partial charge >= 0.3 is 0 Å². The van der Waals surface area contributed by atoms with Crippen LogP contribution in [0.4, 0.5) is 0 Å². The molecule has 2 N–H and O–H groups in total. The molecule has 0 spiro atoms. The number of rotatable bonds is 8. The number of hydrogen-bond acceptors (Lipinski definition) is 5. The Morgan fingerprint density at radius 3 is 2.33 bits per heavy atom. The highest BCUT2D eigenvalue weighted by Crippen LogP contribution is 2.32. The summed E-state index contributed by atoms with van der Waals surface area (Å²) < 4.78 is 1.45. The predicted octanol–water partition coefficient (Wildman–Crippen LogP) is 3.16. The van der Waals surface area contributed by atoms with Crippen LogP contribution in [0.1, 0.15) is 45.0 Å². The molecule has 33 heavy (non-hydrogen) atoms. The Morgan fingerprint density at radius 2 is 1.73 bits per heavy atom. The summed E-state index contributed by atoms with van der Waals surface area (Å²) >= 11 is 0. The van der Waals surface area contributed by atoms with Gasteiger partial charge in [0.05, 0.1) is 12.3 Å². The number of carbonyl (C=O) groups excluding carboxylic acids is 1. The summed E-state index contributed by atoms with van der Waals surface area (Å²) in [4.78, 5) is 25.8. The molecule has 3 rings (SSSR count). The molecule has 2 aromatic carbocycles. The van der Waals surface area contributed by atoms with Gasteiger partial charge in [0.1, 0.15) is 0 Å². The number of aliphatic hydroxyl groups is 1. The molecule has 0 saturated heterocycles. The molecule has 7 heteroatoms. The second-order valence-corrected chi connectivity index (χ2v) is 8.10. The van der Waals surface area contributed by atoms with Crippen LogP contribution < -0.4 is 5.56 Å². The van der Waals surface area contributed by atoms with Crippen molar-refractivity contribution in [2.24, 2.45) is 12.2 Å². The molecule has 0 saturated carbocycles. The van der Waals surface area contributed by atoms with Crippen molar-refractivity contribution in [3.05, 3.63) is 105 Å². The van der Waals surface area contributed by atoms with Crippen LogP contribution in [-0.4, -0.2) is 51.6 Å². The third kappa shape index (κ3) is 5.56. The Labute approximate surface area is 193 Å². The molecule has 3 aromatic rings. The van der Waals surface area contributed by atoms with Crippen molar-refractivity contribution >= 4 is 11.6 Å². The third-order valence-corrected chi connectivity index (χ3v) is 5.84. The lowest BCUT2D eigenvalue weighted by Crippen LogP contribution is -2.29. The molecule has 0 aliphatic carbocycles. The van der Waals surface area contributed by atoms with Crippen LogP contribution in [0, 0.1) is 6.92 Å². The minimum atomic E-state index is -0.161. The van der Waals surface area contributed by atoms with Crippen LogP contribution in [0.25, 0.3) is 0 Å². The first-order valence-electron chi connectivity index (χ1n) is 10.8. The zero-order valence-corrected chi connectivity index (χ0v) is 19.1. The topological polar surface area (TPSA) is 95.1 Å². The Bertz CT molecular complexity index is 1200. The van der Waals surface area contributed by atoms with Gasteiger partial charge in [-0.05, 0) is 41.8 Å². The van der Waals surface area contributed by atoms with Crippen molar-refractivity contribution in [2.45, 2.75) is 19.3 Å². The van der Waals surface area contributed by atoms with Gasteiger partial charge in [0.15, 0.2) is 0 Å². The van der Waals surface area contributed by atoms with E-state index in [0.29, 0.717) is 23.3 Å². The van der Waals surface area contributed by atoms with E-state index in [1.54, 1.807) is 38.5 Å². The van der Waals surface area contributed by atoms with Crippen molar-refractivity contribution in [3.63, 3.8) is 0 Å². The second kappa shape index (κ2) is 10.7. The van der Waals surface area contributed by atoms with E-state index in [9.17, 15) is 14.8 Å². The second-order valence-electron chi connectivity index (χ2n) is 8.10. The zero-order chi connectivity index (χ0) is 24.0. The fourth-order valence-corrected chi connectivity index (χ4v) is 3.89. The molecule has 1 unspecified atom stereocenters. The fraction of sp³-hybridized carbons (Fsp3) is 0.269. The predicted molar refractivity (Wildman–Crippen MR) is 128 cm³/mol. The molecule has 0 radical (unpaired) electrons. The van der Waals surface area contributed by atoms with E-state index >= 15 is 0 Å². The van der Waals surface area contributed by atoms with Gasteiger partial charge in [-0.25, -0.2) is 0 Å². The zero-order valence-electron chi connectivity index (χ0n) is 19.1. The number of aryl methyl sites for hydroxylation is 2. The average Bonchev–Trinajstić information content (AvgIpc) is 2.82. The first-order chi connectivity index (χ1) is 15.8. The largest absolute Gasteiger partial charge is 0.411 e. The molecule has 0 bridgehead atoms. The molecule has 1 amide bonds. The maximum absolute atomic E-state index is 12.5. The van der Waals surface area contributed by atoms with E-state index in [0.717, 1.165) is 16.7 Å². The number of nitrogens with zero attached hydrogens (tertiary/aromatic N) is 3. The fourth-order valence-electron chi connectivity index (χ4n) is 3.89. The van der Waals surface area contributed by atoms with Crippen molar-refractivity contribution in [3.8, 4) is 0 Å². The van der Waals surface area contributed by atoms with Gasteiger partial charge in [-0.3, -0.25) is 9.59 Å². The first kappa shape index (κ1) is 23.9. The number of benzene rings is 2. The lowest BCUT2D eigenvalue weighted by molar-refractivity contribution is 0.0767. The lowest BCUT2D eigenvalue weighted by Gasteiger charge is -2.22. The third-order valence-electron chi connectivity index (χ3n) is 5.84. The Morgan fingerprint density at radius 1 is 1.06 bits per heavy atom. The average molecular weight is 448 g/mol. The number of aromatic nitrogens is 1. The summed E-state index contributed by atoms with van der Waals surface area (Å²) in [6.45, 7) is 2.21. The summed E-state index contributed by atoms with van der Waals surface area (Å²) in [6.07, 6.45) is 2.06. The van der Waals surface area contributed by atoms with Crippen molar-refractivity contribution in [1.82, 2.24) is 9.47 Å². The Kier molecular flexibility index (Phi) is 7.79. The number of hydrogen-bond donors (Lipinski definition) is 2. The van der Waals surface area contributed by atoms with Gasteiger partial charge in [-0.15, -0.1) is 0 Å². The smallest absolute Gasteiger partial charge is 0.253 e. The molecular formula is C26H29N3O4. The molecular weight excluding hydrogens is 418 g/mol. The molecule has 0 aliphatic rings. The highest BCUT2D eigenvalue weighted by Gasteiger charge is 2.21. The van der Waals surface area contributed by atoms with Gasteiger partial charge < -0.3 is 19.8 Å².